The number of thiocarbonyl (C=S) groups is 1. The summed E-state index contributed by atoms with van der Waals surface area (Å²) in [7, 11) is 0. The molecule has 0 heterocycles. The van der Waals surface area contributed by atoms with Crippen LogP contribution in [0.15, 0.2) is 0 Å². The van der Waals surface area contributed by atoms with Gasteiger partial charge >= 0.3 is 0 Å². The summed E-state index contributed by atoms with van der Waals surface area (Å²) in [4.78, 5) is 0. The van der Waals surface area contributed by atoms with Crippen molar-refractivity contribution < 1.29 is 0 Å². The Hall–Kier alpha value is 1.04. The van der Waals surface area contributed by atoms with E-state index >= 15 is 0 Å². The fraction of sp³-hybridized carbons (Fsp3) is 0.667. The molecule has 0 aromatic rings. The van der Waals surface area contributed by atoms with Crippen molar-refractivity contribution in [1.82, 2.24) is 0 Å². The van der Waals surface area contributed by atoms with E-state index in [0.717, 1.165) is 5.75 Å². The molecule has 0 rings (SSSR count). The van der Waals surface area contributed by atoms with Gasteiger partial charge in [-0.15, -0.1) is 0 Å². The molecule has 0 aliphatic carbocycles. The Bertz CT molecular complexity index is 56.9. The van der Waals surface area contributed by atoms with Gasteiger partial charge in [0.2, 0.25) is 0 Å². The van der Waals surface area contributed by atoms with Crippen LogP contribution in [-0.2, 0) is 0 Å². The summed E-state index contributed by atoms with van der Waals surface area (Å²) in [6.07, 6.45) is 0. The molecule has 0 bridgehead atoms. The maximum Gasteiger partial charge on any atom is 0.131 e. The maximum absolute atomic E-state index is 5.10. The van der Waals surface area contributed by atoms with Crippen LogP contribution in [0.5, 0.6) is 0 Å². The predicted molar refractivity (Wildman–Crippen MR) is 40.7 cm³/mol. The van der Waals surface area contributed by atoms with Crippen LogP contribution in [0.2, 0.25) is 0 Å². The number of hydrogen-bond donors (Lipinski definition) is 1. The second-order valence-electron chi connectivity index (χ2n) is 0.752. The van der Waals surface area contributed by atoms with Gasteiger partial charge in [0.15, 0.2) is 0 Å². The quantitative estimate of drug-likeness (QED) is 0.537. The summed E-state index contributed by atoms with van der Waals surface area (Å²) in [6, 6.07) is 0. The third-order valence-electron chi connectivity index (χ3n) is 0.287. The summed E-state index contributed by atoms with van der Waals surface area (Å²) in [5, 5.41) is 0. The summed E-state index contributed by atoms with van der Waals surface area (Å²) in [6.45, 7) is 2.02. The Labute approximate surface area is 70.4 Å². The van der Waals surface area contributed by atoms with Gasteiger partial charge in [-0.05, 0) is 5.75 Å². The summed E-state index contributed by atoms with van der Waals surface area (Å²) >= 11 is 6.03. The molecule has 0 unspecified atom stereocenters. The number of nitrogens with two attached hydrogens (primary N) is 1. The Balaban J connectivity index is 0. The minimum Gasteiger partial charge on any atom is -0.385 e. The molecule has 0 aliphatic rings. The van der Waals surface area contributed by atoms with E-state index in [1.54, 1.807) is 0 Å². The van der Waals surface area contributed by atoms with E-state index in [1.807, 2.05) is 6.92 Å². The molecule has 0 aliphatic heterocycles. The zero-order chi connectivity index (χ0) is 4.99. The topological polar surface area (TPSA) is 26.0 Å². The van der Waals surface area contributed by atoms with E-state index in [9.17, 15) is 0 Å². The van der Waals surface area contributed by atoms with Crippen LogP contribution in [0.1, 0.15) is 6.92 Å². The first kappa shape index (κ1) is 10.9. The largest absolute Gasteiger partial charge is 0.385 e. The van der Waals surface area contributed by atoms with Crippen molar-refractivity contribution in [3.63, 3.8) is 0 Å². The molecule has 2 N–H and O–H groups in total. The summed E-state index contributed by atoms with van der Waals surface area (Å²) < 4.78 is 0.539. The molecule has 4 radical (unpaired) electrons. The van der Waals surface area contributed by atoms with Gasteiger partial charge in [-0.2, -0.15) is 0 Å². The van der Waals surface area contributed by atoms with Crippen molar-refractivity contribution in [3.8, 4) is 0 Å². The van der Waals surface area contributed by atoms with Gasteiger partial charge in [0, 0.05) is 23.9 Å². The van der Waals surface area contributed by atoms with Gasteiger partial charge in [0.05, 0.1) is 0 Å². The van der Waals surface area contributed by atoms with Gasteiger partial charge in [-0.1, -0.05) is 30.9 Å². The smallest absolute Gasteiger partial charge is 0.131 e. The van der Waals surface area contributed by atoms with E-state index < -0.39 is 0 Å². The first-order valence-electron chi connectivity index (χ1n) is 1.69. The molecule has 0 atom stereocenters. The maximum atomic E-state index is 5.10. The van der Waals surface area contributed by atoms with Crippen molar-refractivity contribution in [3.05, 3.63) is 0 Å². The zero-order valence-electron chi connectivity index (χ0n) is 4.10. The number of hydrogen-bond acceptors (Lipinski definition) is 2. The Morgan fingerprint density at radius 2 is 2.29 bits per heavy atom. The van der Waals surface area contributed by atoms with Crippen LogP contribution in [0.25, 0.3) is 0 Å². The first-order chi connectivity index (χ1) is 2.77. The Kier molecular flexibility index (Phi) is 11.0. The average Bonchev–Trinajstić information content (AvgIpc) is 1.35. The van der Waals surface area contributed by atoms with Crippen LogP contribution >= 0.6 is 24.0 Å². The molecule has 1 nitrogen and oxygen atoms in total. The molecule has 0 aromatic heterocycles. The normalized spacial score (nSPS) is 7.00. The van der Waals surface area contributed by atoms with Crippen molar-refractivity contribution >= 4 is 52.2 Å². The van der Waals surface area contributed by atoms with Crippen molar-refractivity contribution in [2.75, 3.05) is 5.75 Å². The fourth-order valence-corrected chi connectivity index (χ4v) is 0.780. The molecule has 4 heteroatoms. The van der Waals surface area contributed by atoms with E-state index in [1.165, 1.54) is 11.8 Å². The zero-order valence-corrected chi connectivity index (χ0v) is 8.59. The van der Waals surface area contributed by atoms with E-state index in [2.05, 4.69) is 12.2 Å². The van der Waals surface area contributed by atoms with Crippen LogP contribution < -0.4 is 5.73 Å². The van der Waals surface area contributed by atoms with Crippen molar-refractivity contribution in [2.24, 2.45) is 5.73 Å². The van der Waals surface area contributed by atoms with Crippen LogP contribution in [-0.4, -0.2) is 34.0 Å². The van der Waals surface area contributed by atoms with Gasteiger partial charge in [-0.25, -0.2) is 0 Å². The molecule has 7 heavy (non-hydrogen) atoms. The van der Waals surface area contributed by atoms with Gasteiger partial charge in [-0.3, -0.25) is 0 Å². The summed E-state index contributed by atoms with van der Waals surface area (Å²) in [5.41, 5.74) is 5.10. The molecule has 0 fully saturated rings. The van der Waals surface area contributed by atoms with Crippen LogP contribution in [0, 0.1) is 0 Å². The standard InChI is InChI=1S/C3H7NS2.Sn/c1-2-6-3(4)5;/h2H2,1H3,(H2,4,5);. The third kappa shape index (κ3) is 11.0. The van der Waals surface area contributed by atoms with Crippen LogP contribution in [0.3, 0.4) is 0 Å². The molecule has 0 amide bonds. The van der Waals surface area contributed by atoms with Crippen molar-refractivity contribution in [1.29, 1.82) is 0 Å². The Morgan fingerprint density at radius 3 is 2.29 bits per heavy atom. The molecular formula is C3H7NS2Sn. The minimum atomic E-state index is 0. The second kappa shape index (κ2) is 7.04. The van der Waals surface area contributed by atoms with Gasteiger partial charge in [0.25, 0.3) is 0 Å². The molecule has 40 valence electrons. The molecule has 0 saturated carbocycles. The van der Waals surface area contributed by atoms with Gasteiger partial charge in [0.1, 0.15) is 4.32 Å². The van der Waals surface area contributed by atoms with Gasteiger partial charge < -0.3 is 5.73 Å². The molecule has 0 aromatic carbocycles. The molecule has 0 saturated heterocycles. The summed E-state index contributed by atoms with van der Waals surface area (Å²) in [5.74, 6) is 0.981. The van der Waals surface area contributed by atoms with E-state index in [4.69, 9.17) is 5.73 Å². The fourth-order valence-electron chi connectivity index (χ4n) is 0.142. The average molecular weight is 240 g/mol. The predicted octanol–water partition coefficient (Wildman–Crippen LogP) is 0.602. The monoisotopic (exact) mass is 241 g/mol. The SMILES string of the molecule is CCSC(N)=S.[Sn]. The van der Waals surface area contributed by atoms with Crippen LogP contribution in [0.4, 0.5) is 0 Å². The van der Waals surface area contributed by atoms with E-state index in [-0.39, 0.29) is 23.9 Å². The first-order valence-corrected chi connectivity index (χ1v) is 3.09. The molecule has 0 spiro atoms. The Morgan fingerprint density at radius 1 is 1.86 bits per heavy atom. The van der Waals surface area contributed by atoms with E-state index in [0.29, 0.717) is 4.32 Å². The number of rotatable bonds is 1. The third-order valence-corrected chi connectivity index (χ3v) is 1.21. The molecular weight excluding hydrogens is 233 g/mol. The second-order valence-corrected chi connectivity index (χ2v) is 2.76. The minimum absolute atomic E-state index is 0. The number of thioether (sulfide) groups is 1. The van der Waals surface area contributed by atoms with Crippen molar-refractivity contribution in [2.45, 2.75) is 6.92 Å².